The van der Waals surface area contributed by atoms with Gasteiger partial charge in [-0.2, -0.15) is 0 Å². The van der Waals surface area contributed by atoms with E-state index in [2.05, 4.69) is 43.4 Å². The van der Waals surface area contributed by atoms with Gasteiger partial charge in [-0.1, -0.05) is 31.2 Å². The minimum Gasteiger partial charge on any atom is -0.378 e. The molecule has 2 rings (SSSR count). The van der Waals surface area contributed by atoms with Gasteiger partial charge >= 0.3 is 0 Å². The van der Waals surface area contributed by atoms with Gasteiger partial charge in [-0.15, -0.1) is 0 Å². The summed E-state index contributed by atoms with van der Waals surface area (Å²) in [6.45, 7) is 6.11. The third-order valence-corrected chi connectivity index (χ3v) is 3.01. The number of benzene rings is 1. The maximum Gasteiger partial charge on any atom is 0.0643 e. The van der Waals surface area contributed by atoms with Crippen LogP contribution in [0.15, 0.2) is 24.3 Å². The normalized spacial score (nSPS) is 18.5. The Morgan fingerprint density at radius 2 is 2.00 bits per heavy atom. The fourth-order valence-corrected chi connectivity index (χ4v) is 1.82. The van der Waals surface area contributed by atoms with Crippen LogP contribution in [-0.4, -0.2) is 19.3 Å². The molecular weight excluding hydrogens is 186 g/mol. The van der Waals surface area contributed by atoms with Crippen LogP contribution < -0.4 is 5.32 Å². The highest BCUT2D eigenvalue weighted by atomic mass is 16.5. The van der Waals surface area contributed by atoms with Gasteiger partial charge in [-0.05, 0) is 24.5 Å². The van der Waals surface area contributed by atoms with E-state index in [9.17, 15) is 0 Å². The van der Waals surface area contributed by atoms with Crippen LogP contribution in [0, 0.1) is 0 Å². The zero-order valence-electron chi connectivity index (χ0n) is 9.49. The van der Waals surface area contributed by atoms with Crippen molar-refractivity contribution in [1.29, 1.82) is 0 Å². The molecule has 2 nitrogen and oxygen atoms in total. The Labute approximate surface area is 91.6 Å². The van der Waals surface area contributed by atoms with E-state index in [1.54, 1.807) is 0 Å². The zero-order valence-corrected chi connectivity index (χ0v) is 9.49. The first-order valence-electron chi connectivity index (χ1n) is 5.72. The summed E-state index contributed by atoms with van der Waals surface area (Å²) in [5.74, 6) is 0. The Morgan fingerprint density at radius 1 is 1.33 bits per heavy atom. The quantitative estimate of drug-likeness (QED) is 0.814. The predicted octanol–water partition coefficient (Wildman–Crippen LogP) is 2.30. The van der Waals surface area contributed by atoms with Crippen molar-refractivity contribution in [3.8, 4) is 0 Å². The fourth-order valence-electron chi connectivity index (χ4n) is 1.82. The molecule has 0 radical (unpaired) electrons. The van der Waals surface area contributed by atoms with Gasteiger partial charge in [-0.3, -0.25) is 0 Å². The van der Waals surface area contributed by atoms with Crippen molar-refractivity contribution in [2.45, 2.75) is 32.4 Å². The van der Waals surface area contributed by atoms with Gasteiger partial charge < -0.3 is 10.1 Å². The molecule has 1 heterocycles. The molecule has 1 atom stereocenters. The number of hydrogen-bond donors (Lipinski definition) is 1. The molecule has 0 amide bonds. The highest BCUT2D eigenvalue weighted by molar-refractivity contribution is 5.24. The monoisotopic (exact) mass is 205 g/mol. The second-order valence-corrected chi connectivity index (χ2v) is 4.22. The highest BCUT2D eigenvalue weighted by Crippen LogP contribution is 2.16. The lowest BCUT2D eigenvalue weighted by atomic mass is 10.0. The Morgan fingerprint density at radius 3 is 2.47 bits per heavy atom. The summed E-state index contributed by atoms with van der Waals surface area (Å²) in [4.78, 5) is 0. The summed E-state index contributed by atoms with van der Waals surface area (Å²) >= 11 is 0. The molecule has 2 heteroatoms. The molecule has 1 fully saturated rings. The van der Waals surface area contributed by atoms with Gasteiger partial charge in [0.05, 0.1) is 19.3 Å². The van der Waals surface area contributed by atoms with Crippen molar-refractivity contribution in [2.24, 2.45) is 0 Å². The second kappa shape index (κ2) is 4.77. The summed E-state index contributed by atoms with van der Waals surface area (Å²) in [6.07, 6.45) is 1.11. The van der Waals surface area contributed by atoms with Gasteiger partial charge in [0.15, 0.2) is 0 Å². The van der Waals surface area contributed by atoms with Crippen LogP contribution in [0.4, 0.5) is 0 Å². The number of rotatable bonds is 4. The molecule has 0 saturated carbocycles. The standard InChI is InChI=1S/C13H19NO/c1-3-11-4-6-12(7-5-11)10(2)14-13-8-15-9-13/h4-7,10,13-14H,3,8-9H2,1-2H3. The molecule has 1 aromatic rings. The van der Waals surface area contributed by atoms with Crippen molar-refractivity contribution >= 4 is 0 Å². The molecule has 82 valence electrons. The third-order valence-electron chi connectivity index (χ3n) is 3.01. The van der Waals surface area contributed by atoms with Crippen LogP contribution in [0.2, 0.25) is 0 Å². The Balaban J connectivity index is 1.94. The first kappa shape index (κ1) is 10.7. The topological polar surface area (TPSA) is 21.3 Å². The van der Waals surface area contributed by atoms with Crippen LogP contribution in [0.25, 0.3) is 0 Å². The summed E-state index contributed by atoms with van der Waals surface area (Å²) in [6, 6.07) is 9.83. The molecule has 1 N–H and O–H groups in total. The molecule has 0 aliphatic carbocycles. The second-order valence-electron chi connectivity index (χ2n) is 4.22. The van der Waals surface area contributed by atoms with Gasteiger partial charge in [0, 0.05) is 6.04 Å². The first-order valence-corrected chi connectivity index (χ1v) is 5.72. The SMILES string of the molecule is CCc1ccc(C(C)NC2COC2)cc1. The smallest absolute Gasteiger partial charge is 0.0643 e. The Kier molecular flexibility index (Phi) is 3.39. The average molecular weight is 205 g/mol. The van der Waals surface area contributed by atoms with Crippen LogP contribution in [-0.2, 0) is 11.2 Å². The lowest BCUT2D eigenvalue weighted by Crippen LogP contribution is -2.46. The Bertz CT molecular complexity index is 303. The molecule has 0 bridgehead atoms. The van der Waals surface area contributed by atoms with Gasteiger partial charge in [-0.25, -0.2) is 0 Å². The zero-order chi connectivity index (χ0) is 10.7. The van der Waals surface area contributed by atoms with E-state index in [1.807, 2.05) is 0 Å². The number of hydrogen-bond acceptors (Lipinski definition) is 2. The van der Waals surface area contributed by atoms with E-state index in [1.165, 1.54) is 11.1 Å². The van der Waals surface area contributed by atoms with E-state index >= 15 is 0 Å². The molecule has 1 saturated heterocycles. The predicted molar refractivity (Wildman–Crippen MR) is 62.0 cm³/mol. The highest BCUT2D eigenvalue weighted by Gasteiger charge is 2.20. The summed E-state index contributed by atoms with van der Waals surface area (Å²) < 4.78 is 5.15. The van der Waals surface area contributed by atoms with Crippen molar-refractivity contribution in [2.75, 3.05) is 13.2 Å². The minimum atomic E-state index is 0.421. The summed E-state index contributed by atoms with van der Waals surface area (Å²) in [7, 11) is 0. The van der Waals surface area contributed by atoms with E-state index in [0.717, 1.165) is 19.6 Å². The van der Waals surface area contributed by atoms with E-state index in [-0.39, 0.29) is 0 Å². The molecule has 0 aromatic heterocycles. The lowest BCUT2D eigenvalue weighted by molar-refractivity contribution is -0.00925. The summed E-state index contributed by atoms with van der Waals surface area (Å²) in [5, 5.41) is 3.55. The maximum absolute atomic E-state index is 5.15. The molecule has 0 spiro atoms. The lowest BCUT2D eigenvalue weighted by Gasteiger charge is -2.30. The third kappa shape index (κ3) is 2.58. The van der Waals surface area contributed by atoms with Crippen LogP contribution in [0.5, 0.6) is 0 Å². The summed E-state index contributed by atoms with van der Waals surface area (Å²) in [5.41, 5.74) is 2.76. The van der Waals surface area contributed by atoms with E-state index in [4.69, 9.17) is 4.74 Å². The number of ether oxygens (including phenoxy) is 1. The van der Waals surface area contributed by atoms with Crippen LogP contribution >= 0.6 is 0 Å². The first-order chi connectivity index (χ1) is 7.29. The fraction of sp³-hybridized carbons (Fsp3) is 0.538. The molecule has 1 unspecified atom stereocenters. The largest absolute Gasteiger partial charge is 0.378 e. The van der Waals surface area contributed by atoms with Crippen LogP contribution in [0.3, 0.4) is 0 Å². The van der Waals surface area contributed by atoms with Gasteiger partial charge in [0.2, 0.25) is 0 Å². The van der Waals surface area contributed by atoms with Crippen molar-refractivity contribution in [3.05, 3.63) is 35.4 Å². The maximum atomic E-state index is 5.15. The molecule has 1 aromatic carbocycles. The van der Waals surface area contributed by atoms with Crippen molar-refractivity contribution in [1.82, 2.24) is 5.32 Å². The molecule has 1 aliphatic heterocycles. The molecule has 15 heavy (non-hydrogen) atoms. The average Bonchev–Trinajstić information content (AvgIpc) is 2.23. The van der Waals surface area contributed by atoms with Gasteiger partial charge in [0.1, 0.15) is 0 Å². The van der Waals surface area contributed by atoms with Crippen molar-refractivity contribution < 1.29 is 4.74 Å². The van der Waals surface area contributed by atoms with Gasteiger partial charge in [0.25, 0.3) is 0 Å². The molecular formula is C13H19NO. The minimum absolute atomic E-state index is 0.421. The number of aryl methyl sites for hydroxylation is 1. The van der Waals surface area contributed by atoms with Crippen molar-refractivity contribution in [3.63, 3.8) is 0 Å². The Hall–Kier alpha value is -0.860. The molecule has 1 aliphatic rings. The van der Waals surface area contributed by atoms with Crippen LogP contribution in [0.1, 0.15) is 31.0 Å². The van der Waals surface area contributed by atoms with E-state index < -0.39 is 0 Å². The number of nitrogens with one attached hydrogen (secondary N) is 1. The van der Waals surface area contributed by atoms with E-state index in [0.29, 0.717) is 12.1 Å².